The Labute approximate surface area is 307 Å². The van der Waals surface area contributed by atoms with Crippen LogP contribution in [-0.4, -0.2) is 12.4 Å². The van der Waals surface area contributed by atoms with Crippen molar-refractivity contribution < 1.29 is 4.74 Å². The highest BCUT2D eigenvalue weighted by molar-refractivity contribution is 6.10. The lowest BCUT2D eigenvalue weighted by Gasteiger charge is -2.29. The highest BCUT2D eigenvalue weighted by atomic mass is 16.5. The molecule has 2 atom stereocenters. The number of nitrogens with one attached hydrogen (secondary N) is 1. The molecule has 0 radical (unpaired) electrons. The Balaban J connectivity index is 0.000000174. The minimum Gasteiger partial charge on any atom is -0.460 e. The number of aliphatic imine (C=N–C) groups is 1. The summed E-state index contributed by atoms with van der Waals surface area (Å²) in [6.45, 7) is 12.5. The van der Waals surface area contributed by atoms with E-state index in [4.69, 9.17) is 10.1 Å². The van der Waals surface area contributed by atoms with Gasteiger partial charge in [0, 0.05) is 22.5 Å². The molecule has 2 aliphatic carbocycles. The van der Waals surface area contributed by atoms with Crippen LogP contribution in [0, 0.1) is 18.3 Å². The van der Waals surface area contributed by atoms with E-state index in [9.17, 15) is 0 Å². The lowest BCUT2D eigenvalue weighted by molar-refractivity contribution is 0.329. The van der Waals surface area contributed by atoms with Crippen LogP contribution < -0.4 is 0 Å². The zero-order chi connectivity index (χ0) is 36.1. The Morgan fingerprint density at radius 1 is 0.808 bits per heavy atom. The Morgan fingerprint density at radius 2 is 1.50 bits per heavy atom. The Bertz CT molecular complexity index is 2320. The van der Waals surface area contributed by atoms with E-state index < -0.39 is 0 Å². The molecule has 0 aromatic heterocycles. The summed E-state index contributed by atoms with van der Waals surface area (Å²) >= 11 is 0. The topological polar surface area (TPSA) is 45.4 Å². The SMILES string of the molecule is C=N/C(=C\C(=N)c1ccccc1)c1cccc(/C2=C/C=C\C(=C)C3CC=CC=C3O2)c1.Cc1cccc2c1C(C)(c1ccccc1)c1ccccc1-2. The molecule has 5 aromatic rings. The summed E-state index contributed by atoms with van der Waals surface area (Å²) in [7, 11) is 0. The highest BCUT2D eigenvalue weighted by Crippen LogP contribution is 2.53. The number of hydrogen-bond donors (Lipinski definition) is 1. The van der Waals surface area contributed by atoms with Crippen LogP contribution in [0.2, 0.25) is 0 Å². The van der Waals surface area contributed by atoms with Crippen LogP contribution in [0.25, 0.3) is 22.6 Å². The Morgan fingerprint density at radius 3 is 2.29 bits per heavy atom. The Kier molecular flexibility index (Phi) is 9.77. The van der Waals surface area contributed by atoms with E-state index in [0.717, 1.165) is 40.2 Å². The zero-order valence-corrected chi connectivity index (χ0v) is 29.7. The van der Waals surface area contributed by atoms with Gasteiger partial charge in [0.1, 0.15) is 11.5 Å². The highest BCUT2D eigenvalue weighted by Gasteiger charge is 2.41. The van der Waals surface area contributed by atoms with Crippen LogP contribution in [0.3, 0.4) is 0 Å². The molecule has 0 fully saturated rings. The molecule has 0 bridgehead atoms. The van der Waals surface area contributed by atoms with Gasteiger partial charge < -0.3 is 10.1 Å². The fourth-order valence-electron chi connectivity index (χ4n) is 7.55. The fraction of sp³-hybridized carbons (Fsp3) is 0.102. The van der Waals surface area contributed by atoms with Gasteiger partial charge >= 0.3 is 0 Å². The molecule has 5 aromatic carbocycles. The van der Waals surface area contributed by atoms with Gasteiger partial charge in [-0.2, -0.15) is 0 Å². The lowest BCUT2D eigenvalue weighted by Crippen LogP contribution is -2.23. The first kappa shape index (κ1) is 34.1. The summed E-state index contributed by atoms with van der Waals surface area (Å²) in [5.74, 6) is 1.82. The molecule has 3 aliphatic rings. The van der Waals surface area contributed by atoms with Crippen molar-refractivity contribution in [3.8, 4) is 11.1 Å². The van der Waals surface area contributed by atoms with Gasteiger partial charge in [0.2, 0.25) is 0 Å². The predicted molar refractivity (Wildman–Crippen MR) is 219 cm³/mol. The summed E-state index contributed by atoms with van der Waals surface area (Å²) in [6, 6.07) is 43.9. The molecule has 8 rings (SSSR count). The van der Waals surface area contributed by atoms with E-state index >= 15 is 0 Å². The molecular formula is C49H42N2O. The average molecular weight is 675 g/mol. The van der Waals surface area contributed by atoms with Crippen LogP contribution in [-0.2, 0) is 10.2 Å². The summed E-state index contributed by atoms with van der Waals surface area (Å²) < 4.78 is 6.32. The number of aryl methyl sites for hydroxylation is 1. The van der Waals surface area contributed by atoms with Crippen LogP contribution in [0.4, 0.5) is 0 Å². The molecule has 0 saturated heterocycles. The van der Waals surface area contributed by atoms with Crippen molar-refractivity contribution in [2.75, 3.05) is 0 Å². The number of nitrogens with zero attached hydrogens (tertiary/aromatic N) is 1. The first-order chi connectivity index (χ1) is 25.4. The summed E-state index contributed by atoms with van der Waals surface area (Å²) in [6.07, 6.45) is 14.8. The minimum absolute atomic E-state index is 0.0570. The second-order valence-electron chi connectivity index (χ2n) is 13.4. The van der Waals surface area contributed by atoms with E-state index in [2.05, 4.69) is 111 Å². The molecule has 0 amide bonds. The molecule has 1 aliphatic heterocycles. The van der Waals surface area contributed by atoms with Crippen molar-refractivity contribution in [1.82, 2.24) is 0 Å². The number of ether oxygens (including phenoxy) is 1. The van der Waals surface area contributed by atoms with E-state index in [-0.39, 0.29) is 11.3 Å². The van der Waals surface area contributed by atoms with Crippen molar-refractivity contribution in [1.29, 1.82) is 5.41 Å². The van der Waals surface area contributed by atoms with Crippen molar-refractivity contribution in [3.63, 3.8) is 0 Å². The standard InChI is InChI=1S/C28H24N2O.C21H18/c1-20-10-8-17-27(31-28-16-7-6-15-24(20)28)23-14-9-13-22(18-23)26(30-2)19-25(29)21-11-4-3-5-12-21;1-15-9-8-13-18-17-12-6-7-14-19(17)21(2,20(15)18)16-10-4-3-5-11-16/h3-14,16-19,24,29H,1-2,15H2;3-14H,1-2H3/b10-8-,26-19-,27-17-,29-25?;. The summed E-state index contributed by atoms with van der Waals surface area (Å²) in [5.41, 5.74) is 13.0. The first-order valence-electron chi connectivity index (χ1n) is 17.7. The first-order valence-corrected chi connectivity index (χ1v) is 17.7. The van der Waals surface area contributed by atoms with E-state index in [1.165, 1.54) is 33.4 Å². The summed E-state index contributed by atoms with van der Waals surface area (Å²) in [4.78, 5) is 4.18. The molecule has 0 spiro atoms. The number of allylic oxidation sites excluding steroid dienone is 8. The Hall–Kier alpha value is -6.32. The van der Waals surface area contributed by atoms with Crippen LogP contribution in [0.1, 0.15) is 52.3 Å². The van der Waals surface area contributed by atoms with Crippen molar-refractivity contribution in [2.45, 2.75) is 25.7 Å². The van der Waals surface area contributed by atoms with Gasteiger partial charge in [0.25, 0.3) is 0 Å². The van der Waals surface area contributed by atoms with Gasteiger partial charge in [-0.25, -0.2) is 0 Å². The second kappa shape index (κ2) is 14.9. The van der Waals surface area contributed by atoms with Gasteiger partial charge in [-0.1, -0.05) is 152 Å². The van der Waals surface area contributed by atoms with Gasteiger partial charge in [-0.15, -0.1) is 0 Å². The van der Waals surface area contributed by atoms with Crippen molar-refractivity contribution >= 4 is 23.9 Å². The second-order valence-corrected chi connectivity index (χ2v) is 13.4. The third kappa shape index (κ3) is 6.61. The largest absolute Gasteiger partial charge is 0.460 e. The lowest BCUT2D eigenvalue weighted by atomic mass is 9.73. The zero-order valence-electron chi connectivity index (χ0n) is 29.7. The fourth-order valence-corrected chi connectivity index (χ4v) is 7.55. The monoisotopic (exact) mass is 674 g/mol. The number of rotatable bonds is 6. The smallest absolute Gasteiger partial charge is 0.134 e. The van der Waals surface area contributed by atoms with E-state index in [0.29, 0.717) is 11.4 Å². The molecular weight excluding hydrogens is 633 g/mol. The third-order valence-corrected chi connectivity index (χ3v) is 10.2. The van der Waals surface area contributed by atoms with Gasteiger partial charge in [-0.05, 0) is 95.8 Å². The van der Waals surface area contributed by atoms with Crippen LogP contribution in [0.5, 0.6) is 0 Å². The maximum Gasteiger partial charge on any atom is 0.134 e. The molecule has 0 saturated carbocycles. The van der Waals surface area contributed by atoms with E-state index in [1.807, 2.05) is 85.0 Å². The minimum atomic E-state index is -0.0570. The van der Waals surface area contributed by atoms with Crippen molar-refractivity contribution in [3.05, 3.63) is 227 Å². The third-order valence-electron chi connectivity index (χ3n) is 10.2. The van der Waals surface area contributed by atoms with Gasteiger partial charge in [0.15, 0.2) is 0 Å². The van der Waals surface area contributed by atoms with Gasteiger partial charge in [-0.3, -0.25) is 4.99 Å². The van der Waals surface area contributed by atoms with Crippen LogP contribution in [0.15, 0.2) is 193 Å². The molecule has 3 nitrogen and oxygen atoms in total. The number of benzene rings is 5. The molecule has 2 unspecified atom stereocenters. The molecule has 1 N–H and O–H groups in total. The molecule has 3 heteroatoms. The summed E-state index contributed by atoms with van der Waals surface area (Å²) in [5, 5.41) is 8.40. The maximum atomic E-state index is 8.40. The molecule has 52 heavy (non-hydrogen) atoms. The normalized spacial score (nSPS) is 20.2. The van der Waals surface area contributed by atoms with Crippen molar-refractivity contribution in [2.24, 2.45) is 10.9 Å². The average Bonchev–Trinajstić information content (AvgIpc) is 3.46. The quantitative estimate of drug-likeness (QED) is 0.179. The van der Waals surface area contributed by atoms with E-state index in [1.54, 1.807) is 6.08 Å². The van der Waals surface area contributed by atoms with Crippen LogP contribution >= 0.6 is 0 Å². The maximum absolute atomic E-state index is 8.40. The van der Waals surface area contributed by atoms with Gasteiger partial charge in [0.05, 0.1) is 11.4 Å². The number of hydrogen-bond acceptors (Lipinski definition) is 3. The predicted octanol–water partition coefficient (Wildman–Crippen LogP) is 12.1. The molecule has 254 valence electrons. The molecule has 1 heterocycles. The number of fused-ring (bicyclic) bond motifs is 4.